The van der Waals surface area contributed by atoms with Crippen molar-refractivity contribution in [3.05, 3.63) is 149 Å². The third-order valence-corrected chi connectivity index (χ3v) is 14.3. The maximum absolute atomic E-state index is 15.2. The Balaban J connectivity index is 1.32. The molecule has 6 atom stereocenters. The number of aldehydes is 1. The Morgan fingerprint density at radius 2 is 1.64 bits per heavy atom. The SMILES string of the molecule is C=CCO[C@@]12Oc3ccc(Oc4cccc(C=O)c4)cc3[C@H]3[C@H](CCCCO)[C@@H](CCCCO)C=C(C(=NOCc4ccccc4)C[C@@H]1N(Cc1ccc(F)cc1)C(=O)CCC1CCCC1)[C@H]32. The minimum Gasteiger partial charge on any atom is -0.459 e. The van der Waals surface area contributed by atoms with Gasteiger partial charge in [-0.25, -0.2) is 4.39 Å². The van der Waals surface area contributed by atoms with E-state index < -0.39 is 17.7 Å². The van der Waals surface area contributed by atoms with Crippen molar-refractivity contribution in [3.8, 4) is 17.2 Å². The molecule has 1 aliphatic heterocycles. The maximum Gasteiger partial charge on any atom is 0.239 e. The highest BCUT2D eigenvalue weighted by Gasteiger charge is 2.65. The second-order valence-electron chi connectivity index (χ2n) is 18.7. The van der Waals surface area contributed by atoms with Crippen LogP contribution in [0, 0.1) is 29.5 Å². The van der Waals surface area contributed by atoms with Gasteiger partial charge in [0, 0.05) is 49.6 Å². The van der Waals surface area contributed by atoms with Crippen LogP contribution in [0.2, 0.25) is 0 Å². The van der Waals surface area contributed by atoms with Crippen LogP contribution < -0.4 is 9.47 Å². The Hall–Kier alpha value is -5.62. The number of unbranched alkanes of at least 4 members (excludes halogenated alkanes) is 2. The van der Waals surface area contributed by atoms with Gasteiger partial charge in [-0.3, -0.25) is 9.59 Å². The summed E-state index contributed by atoms with van der Waals surface area (Å²) in [6.07, 6.45) is 15.2. The van der Waals surface area contributed by atoms with Crippen LogP contribution in [0.1, 0.15) is 116 Å². The van der Waals surface area contributed by atoms with Gasteiger partial charge in [0.15, 0.2) is 0 Å². The monoisotopic (exact) mass is 912 g/mol. The van der Waals surface area contributed by atoms with Crippen LogP contribution in [-0.4, -0.2) is 64.7 Å². The molecule has 2 N–H and O–H groups in total. The molecule has 1 amide bonds. The van der Waals surface area contributed by atoms with Crippen molar-refractivity contribution < 1.29 is 43.2 Å². The van der Waals surface area contributed by atoms with E-state index >= 15 is 4.79 Å². The van der Waals surface area contributed by atoms with Gasteiger partial charge in [-0.2, -0.15) is 0 Å². The number of carbonyl (C=O) groups is 2. The molecule has 4 aliphatic rings. The van der Waals surface area contributed by atoms with Crippen LogP contribution >= 0.6 is 0 Å². The summed E-state index contributed by atoms with van der Waals surface area (Å²) in [4.78, 5) is 35.2. The number of halogens is 1. The summed E-state index contributed by atoms with van der Waals surface area (Å²) in [6.45, 7) is 4.80. The number of nitrogens with zero attached hydrogens (tertiary/aromatic N) is 2. The molecule has 0 radical (unpaired) electrons. The molecule has 4 aromatic carbocycles. The number of aliphatic hydroxyl groups is 2. The lowest BCUT2D eigenvalue weighted by Crippen LogP contribution is -2.70. The number of aliphatic hydroxyl groups excluding tert-OH is 2. The Kier molecular flexibility index (Phi) is 16.4. The third kappa shape index (κ3) is 11.2. The lowest BCUT2D eigenvalue weighted by Gasteiger charge is -2.60. The van der Waals surface area contributed by atoms with Crippen molar-refractivity contribution in [3.63, 3.8) is 0 Å². The number of benzene rings is 4. The number of hydrogen-bond acceptors (Lipinski definition) is 9. The molecule has 67 heavy (non-hydrogen) atoms. The standard InChI is InChI=1S/C56H65FN2O8/c1-2-31-64-56-52(59(36-40-21-24-44(57)25-22-40)53(63)28-23-39-13-6-7-14-39)35-50(58-65-38-41-15-4-3-5-16-41)48-33-43(18-8-10-29-60)47(20-9-11-30-61)54(55(48)56)49-34-46(26-27-51(49)67-56)66-45-19-12-17-42(32-45)37-62/h2-5,12,15-17,19,21-22,24-27,32-34,37,39,43,47,52,54-55,60-61H,1,6-11,13-14,18,20,23,28-31,35-36,38H2/t43-,47+,52-,54+,55+,56+/m0/s1. The Labute approximate surface area is 394 Å². The van der Waals surface area contributed by atoms with Crippen LogP contribution in [0.5, 0.6) is 17.2 Å². The van der Waals surface area contributed by atoms with E-state index in [1.807, 2.05) is 59.5 Å². The van der Waals surface area contributed by atoms with Crippen LogP contribution in [0.15, 0.2) is 127 Å². The third-order valence-electron chi connectivity index (χ3n) is 14.3. The van der Waals surface area contributed by atoms with E-state index in [4.69, 9.17) is 24.2 Å². The molecule has 2 fully saturated rings. The van der Waals surface area contributed by atoms with E-state index in [0.29, 0.717) is 53.7 Å². The first-order chi connectivity index (χ1) is 32.8. The Morgan fingerprint density at radius 3 is 2.39 bits per heavy atom. The minimum atomic E-state index is -1.45. The van der Waals surface area contributed by atoms with Gasteiger partial charge in [0.1, 0.15) is 42.0 Å². The number of rotatable bonds is 23. The van der Waals surface area contributed by atoms with E-state index in [1.54, 1.807) is 36.4 Å². The first-order valence-corrected chi connectivity index (χ1v) is 24.4. The summed E-state index contributed by atoms with van der Waals surface area (Å²) >= 11 is 0. The van der Waals surface area contributed by atoms with Crippen molar-refractivity contribution in [1.82, 2.24) is 4.90 Å². The summed E-state index contributed by atoms with van der Waals surface area (Å²) in [5.41, 5.74) is 4.79. The second kappa shape index (κ2) is 22.9. The molecule has 8 rings (SSSR count). The zero-order chi connectivity index (χ0) is 46.6. The van der Waals surface area contributed by atoms with Crippen LogP contribution in [0.3, 0.4) is 0 Å². The zero-order valence-corrected chi connectivity index (χ0v) is 38.5. The van der Waals surface area contributed by atoms with Gasteiger partial charge >= 0.3 is 0 Å². The van der Waals surface area contributed by atoms with Gasteiger partial charge in [-0.15, -0.1) is 6.58 Å². The lowest BCUT2D eigenvalue weighted by atomic mass is 9.55. The highest BCUT2D eigenvalue weighted by atomic mass is 19.1. The molecule has 0 aromatic heterocycles. The molecule has 1 heterocycles. The van der Waals surface area contributed by atoms with E-state index in [-0.39, 0.29) is 68.9 Å². The first-order valence-electron chi connectivity index (χ1n) is 24.4. The summed E-state index contributed by atoms with van der Waals surface area (Å²) in [6, 6.07) is 28.3. The molecule has 0 unspecified atom stereocenters. The molecule has 11 heteroatoms. The van der Waals surface area contributed by atoms with Crippen LogP contribution in [-0.2, 0) is 27.5 Å². The van der Waals surface area contributed by atoms with Gasteiger partial charge in [0.25, 0.3) is 0 Å². The lowest BCUT2D eigenvalue weighted by molar-refractivity contribution is -0.258. The van der Waals surface area contributed by atoms with E-state index in [2.05, 4.69) is 12.7 Å². The summed E-state index contributed by atoms with van der Waals surface area (Å²) in [7, 11) is 0. The number of oxime groups is 1. The second-order valence-corrected chi connectivity index (χ2v) is 18.7. The van der Waals surface area contributed by atoms with Gasteiger partial charge in [-0.1, -0.05) is 110 Å². The first kappa shape index (κ1) is 47.9. The van der Waals surface area contributed by atoms with E-state index in [0.717, 1.165) is 73.5 Å². The molecule has 0 saturated heterocycles. The van der Waals surface area contributed by atoms with E-state index in [1.165, 1.54) is 25.0 Å². The number of carbonyl (C=O) groups excluding carboxylic acids is 2. The summed E-state index contributed by atoms with van der Waals surface area (Å²) in [5.74, 6) is -0.407. The van der Waals surface area contributed by atoms with Gasteiger partial charge < -0.3 is 34.2 Å². The van der Waals surface area contributed by atoms with Crippen LogP contribution in [0.4, 0.5) is 4.39 Å². The van der Waals surface area contributed by atoms with Crippen molar-refractivity contribution in [1.29, 1.82) is 0 Å². The highest BCUT2D eigenvalue weighted by Crippen LogP contribution is 2.62. The molecule has 3 aliphatic carbocycles. The quantitative estimate of drug-likeness (QED) is 0.0326. The molecule has 2 saturated carbocycles. The van der Waals surface area contributed by atoms with Crippen molar-refractivity contribution >= 4 is 17.9 Å². The van der Waals surface area contributed by atoms with Crippen molar-refractivity contribution in [2.75, 3.05) is 19.8 Å². The summed E-state index contributed by atoms with van der Waals surface area (Å²) in [5, 5.41) is 25.1. The number of hydrogen-bond donors (Lipinski definition) is 2. The largest absolute Gasteiger partial charge is 0.459 e. The number of amides is 1. The number of ether oxygens (including phenoxy) is 3. The average molecular weight is 913 g/mol. The minimum absolute atomic E-state index is 0.0100. The predicted octanol–water partition coefficient (Wildman–Crippen LogP) is 11.3. The Bertz CT molecular complexity index is 2350. The van der Waals surface area contributed by atoms with Gasteiger partial charge in [0.05, 0.1) is 18.2 Å². The zero-order valence-electron chi connectivity index (χ0n) is 38.5. The molecule has 10 nitrogen and oxygen atoms in total. The topological polar surface area (TPSA) is 127 Å². The normalized spacial score (nSPS) is 23.7. The van der Waals surface area contributed by atoms with Crippen LogP contribution in [0.25, 0.3) is 0 Å². The molecule has 0 spiro atoms. The maximum atomic E-state index is 15.2. The molecule has 4 aromatic rings. The highest BCUT2D eigenvalue weighted by molar-refractivity contribution is 6.03. The van der Waals surface area contributed by atoms with Crippen molar-refractivity contribution in [2.24, 2.45) is 28.8 Å². The average Bonchev–Trinajstić information content (AvgIpc) is 3.88. The number of allylic oxidation sites excluding steroid dienone is 1. The summed E-state index contributed by atoms with van der Waals surface area (Å²) < 4.78 is 35.6. The molecular formula is C56H65FN2O8. The Morgan fingerprint density at radius 1 is 0.881 bits per heavy atom. The molecule has 0 bridgehead atoms. The fraction of sp³-hybridized carbons (Fsp3) is 0.446. The van der Waals surface area contributed by atoms with Gasteiger partial charge in [-0.05, 0) is 109 Å². The van der Waals surface area contributed by atoms with Crippen molar-refractivity contribution in [2.45, 2.75) is 114 Å². The predicted molar refractivity (Wildman–Crippen MR) is 256 cm³/mol. The van der Waals surface area contributed by atoms with E-state index in [9.17, 15) is 19.4 Å². The fourth-order valence-corrected chi connectivity index (χ4v) is 11.2. The fourth-order valence-electron chi connectivity index (χ4n) is 11.2. The van der Waals surface area contributed by atoms with Gasteiger partial charge in [0.2, 0.25) is 11.7 Å². The molecular weight excluding hydrogens is 848 g/mol. The number of fused-ring (bicyclic) bond motifs is 2. The smallest absolute Gasteiger partial charge is 0.239 e. The molecule has 354 valence electrons.